The second-order valence-electron chi connectivity index (χ2n) is 4.86. The van der Waals surface area contributed by atoms with Gasteiger partial charge in [0.15, 0.2) is 0 Å². The van der Waals surface area contributed by atoms with Crippen LogP contribution < -0.4 is 4.74 Å². The Morgan fingerprint density at radius 1 is 1.26 bits per heavy atom. The molecule has 19 heavy (non-hydrogen) atoms. The zero-order valence-electron chi connectivity index (χ0n) is 10.7. The highest BCUT2D eigenvalue weighted by atomic mass is 32.1. The third kappa shape index (κ3) is 3.33. The molecule has 3 nitrogen and oxygen atoms in total. The molecular weight excluding hydrogens is 258 g/mol. The van der Waals surface area contributed by atoms with Gasteiger partial charge >= 0.3 is 0 Å². The number of thiazole rings is 1. The third-order valence-electron chi connectivity index (χ3n) is 3.21. The fourth-order valence-corrected chi connectivity index (χ4v) is 2.92. The van der Waals surface area contributed by atoms with Crippen LogP contribution in [0.1, 0.15) is 35.0 Å². The van der Waals surface area contributed by atoms with Gasteiger partial charge in [0.1, 0.15) is 12.4 Å². The maximum atomic E-state index is 8.85. The fourth-order valence-electron chi connectivity index (χ4n) is 1.95. The summed E-state index contributed by atoms with van der Waals surface area (Å²) >= 11 is 1.75. The van der Waals surface area contributed by atoms with Crippen molar-refractivity contribution in [2.24, 2.45) is 0 Å². The van der Waals surface area contributed by atoms with Gasteiger partial charge in [-0.1, -0.05) is 12.1 Å². The maximum Gasteiger partial charge on any atom is 0.131 e. The van der Waals surface area contributed by atoms with Gasteiger partial charge in [-0.15, -0.1) is 11.3 Å². The summed E-state index contributed by atoms with van der Waals surface area (Å²) in [5.74, 6) is 1.57. The van der Waals surface area contributed by atoms with Gasteiger partial charge < -0.3 is 9.84 Å². The van der Waals surface area contributed by atoms with Crippen LogP contribution in [0.5, 0.6) is 5.75 Å². The number of aromatic nitrogens is 1. The van der Waals surface area contributed by atoms with Crippen molar-refractivity contribution in [3.05, 3.63) is 45.9 Å². The van der Waals surface area contributed by atoms with Crippen LogP contribution in [-0.2, 0) is 13.0 Å². The molecule has 1 aromatic heterocycles. The second kappa shape index (κ2) is 5.72. The number of aliphatic hydroxyl groups excluding tert-OH is 1. The summed E-state index contributed by atoms with van der Waals surface area (Å²) in [7, 11) is 0. The summed E-state index contributed by atoms with van der Waals surface area (Å²) in [5, 5.41) is 12.2. The van der Waals surface area contributed by atoms with Crippen molar-refractivity contribution in [1.82, 2.24) is 4.98 Å². The van der Waals surface area contributed by atoms with Gasteiger partial charge in [0, 0.05) is 17.9 Å². The average molecular weight is 275 g/mol. The monoisotopic (exact) mass is 275 g/mol. The summed E-state index contributed by atoms with van der Waals surface area (Å²) < 4.78 is 5.72. The number of hydrogen-bond acceptors (Lipinski definition) is 4. The standard InChI is InChI=1S/C15H17NO2S/c17-8-7-11-1-5-14(6-2-11)18-9-13-10-19-15(16-13)12-3-4-12/h1-2,5-6,10,12,17H,3-4,7-9H2. The number of benzene rings is 1. The predicted molar refractivity (Wildman–Crippen MR) is 75.7 cm³/mol. The second-order valence-corrected chi connectivity index (χ2v) is 5.75. The summed E-state index contributed by atoms with van der Waals surface area (Å²) in [6.45, 7) is 0.714. The van der Waals surface area contributed by atoms with E-state index >= 15 is 0 Å². The van der Waals surface area contributed by atoms with Gasteiger partial charge in [0.05, 0.1) is 10.7 Å². The Hall–Kier alpha value is -1.39. The van der Waals surface area contributed by atoms with Gasteiger partial charge in [-0.2, -0.15) is 0 Å². The molecule has 4 heteroatoms. The summed E-state index contributed by atoms with van der Waals surface area (Å²) in [5.41, 5.74) is 2.14. The molecule has 1 aromatic carbocycles. The average Bonchev–Trinajstić information content (AvgIpc) is 3.18. The van der Waals surface area contributed by atoms with Gasteiger partial charge in [-0.25, -0.2) is 4.98 Å². The number of nitrogens with zero attached hydrogens (tertiary/aromatic N) is 1. The SMILES string of the molecule is OCCc1ccc(OCc2csc(C3CC3)n2)cc1. The molecule has 1 aliphatic carbocycles. The molecule has 1 saturated carbocycles. The van der Waals surface area contributed by atoms with E-state index in [1.807, 2.05) is 24.3 Å². The molecule has 0 unspecified atom stereocenters. The Morgan fingerprint density at radius 2 is 2.05 bits per heavy atom. The zero-order chi connectivity index (χ0) is 13.1. The molecule has 0 radical (unpaired) electrons. The van der Waals surface area contributed by atoms with Crippen LogP contribution in [0.2, 0.25) is 0 Å². The molecule has 0 aliphatic heterocycles. The van der Waals surface area contributed by atoms with Crippen LogP contribution in [0.25, 0.3) is 0 Å². The van der Waals surface area contributed by atoms with E-state index in [1.165, 1.54) is 17.8 Å². The van der Waals surface area contributed by atoms with Crippen molar-refractivity contribution in [2.45, 2.75) is 31.8 Å². The Kier molecular flexibility index (Phi) is 3.80. The molecule has 0 amide bonds. The van der Waals surface area contributed by atoms with Gasteiger partial charge in [-0.3, -0.25) is 0 Å². The summed E-state index contributed by atoms with van der Waals surface area (Å²) in [6, 6.07) is 7.86. The largest absolute Gasteiger partial charge is 0.487 e. The number of ether oxygens (including phenoxy) is 1. The lowest BCUT2D eigenvalue weighted by Gasteiger charge is -2.05. The topological polar surface area (TPSA) is 42.4 Å². The minimum atomic E-state index is 0.184. The Balaban J connectivity index is 1.55. The molecule has 0 atom stereocenters. The van der Waals surface area contributed by atoms with Crippen molar-refractivity contribution in [3.63, 3.8) is 0 Å². The molecule has 1 fully saturated rings. The smallest absolute Gasteiger partial charge is 0.131 e. The minimum Gasteiger partial charge on any atom is -0.487 e. The van der Waals surface area contributed by atoms with Crippen molar-refractivity contribution in [3.8, 4) is 5.75 Å². The van der Waals surface area contributed by atoms with Gasteiger partial charge in [0.2, 0.25) is 0 Å². The first-order chi connectivity index (χ1) is 9.35. The van der Waals surface area contributed by atoms with Crippen molar-refractivity contribution in [2.75, 3.05) is 6.61 Å². The van der Waals surface area contributed by atoms with Crippen LogP contribution in [0.15, 0.2) is 29.6 Å². The van der Waals surface area contributed by atoms with Crippen molar-refractivity contribution < 1.29 is 9.84 Å². The highest BCUT2D eigenvalue weighted by Gasteiger charge is 2.26. The van der Waals surface area contributed by atoms with Crippen LogP contribution in [-0.4, -0.2) is 16.7 Å². The Bertz CT molecular complexity index is 531. The van der Waals surface area contributed by atoms with E-state index in [0.29, 0.717) is 13.0 Å². The van der Waals surface area contributed by atoms with E-state index in [9.17, 15) is 0 Å². The van der Waals surface area contributed by atoms with E-state index in [-0.39, 0.29) is 6.61 Å². The van der Waals surface area contributed by atoms with E-state index in [2.05, 4.69) is 10.4 Å². The summed E-state index contributed by atoms with van der Waals surface area (Å²) in [4.78, 5) is 4.59. The predicted octanol–water partition coefficient (Wildman–Crippen LogP) is 3.13. The van der Waals surface area contributed by atoms with E-state index in [1.54, 1.807) is 11.3 Å². The molecule has 0 spiro atoms. The van der Waals surface area contributed by atoms with E-state index in [4.69, 9.17) is 9.84 Å². The molecule has 1 heterocycles. The molecule has 3 rings (SSSR count). The molecule has 0 saturated heterocycles. The van der Waals surface area contributed by atoms with Gasteiger partial charge in [0.25, 0.3) is 0 Å². The van der Waals surface area contributed by atoms with Crippen molar-refractivity contribution in [1.29, 1.82) is 0 Å². The van der Waals surface area contributed by atoms with E-state index in [0.717, 1.165) is 22.9 Å². The molecular formula is C15H17NO2S. The van der Waals surface area contributed by atoms with Crippen LogP contribution >= 0.6 is 11.3 Å². The first kappa shape index (κ1) is 12.6. The highest BCUT2D eigenvalue weighted by Crippen LogP contribution is 2.41. The number of aliphatic hydroxyl groups is 1. The van der Waals surface area contributed by atoms with Crippen LogP contribution in [0.3, 0.4) is 0 Å². The first-order valence-electron chi connectivity index (χ1n) is 6.62. The Morgan fingerprint density at radius 3 is 2.74 bits per heavy atom. The van der Waals surface area contributed by atoms with Crippen LogP contribution in [0.4, 0.5) is 0 Å². The molecule has 0 bridgehead atoms. The lowest BCUT2D eigenvalue weighted by molar-refractivity contribution is 0.297. The molecule has 1 aliphatic rings. The maximum absolute atomic E-state index is 8.85. The van der Waals surface area contributed by atoms with Crippen molar-refractivity contribution >= 4 is 11.3 Å². The number of rotatable bonds is 6. The normalized spacial score (nSPS) is 14.6. The number of hydrogen-bond donors (Lipinski definition) is 1. The fraction of sp³-hybridized carbons (Fsp3) is 0.400. The van der Waals surface area contributed by atoms with E-state index < -0.39 is 0 Å². The molecule has 2 aromatic rings. The lowest BCUT2D eigenvalue weighted by Crippen LogP contribution is -1.97. The highest BCUT2D eigenvalue weighted by molar-refractivity contribution is 7.09. The minimum absolute atomic E-state index is 0.184. The third-order valence-corrected chi connectivity index (χ3v) is 4.26. The molecule has 1 N–H and O–H groups in total. The van der Waals surface area contributed by atoms with Gasteiger partial charge in [-0.05, 0) is 37.0 Å². The zero-order valence-corrected chi connectivity index (χ0v) is 11.5. The molecule has 100 valence electrons. The van der Waals surface area contributed by atoms with Crippen LogP contribution in [0, 0.1) is 0 Å². The first-order valence-corrected chi connectivity index (χ1v) is 7.50. The Labute approximate surface area is 116 Å². The summed E-state index contributed by atoms with van der Waals surface area (Å²) in [6.07, 6.45) is 3.28. The lowest BCUT2D eigenvalue weighted by atomic mass is 10.1. The quantitative estimate of drug-likeness (QED) is 0.880.